The van der Waals surface area contributed by atoms with Crippen molar-refractivity contribution in [2.24, 2.45) is 14.1 Å². The predicted molar refractivity (Wildman–Crippen MR) is 115 cm³/mol. The molecule has 0 aliphatic heterocycles. The normalized spacial score (nSPS) is 11.2. The topological polar surface area (TPSA) is 104 Å². The molecule has 4 heterocycles. The summed E-state index contributed by atoms with van der Waals surface area (Å²) in [5.74, 6) is 0.128. The summed E-state index contributed by atoms with van der Waals surface area (Å²) in [7, 11) is 3.63. The van der Waals surface area contributed by atoms with Crippen molar-refractivity contribution in [1.29, 1.82) is 0 Å². The fourth-order valence-corrected chi connectivity index (χ4v) is 3.58. The molecule has 5 rings (SSSR count). The summed E-state index contributed by atoms with van der Waals surface area (Å²) in [4.78, 5) is 18.0. The molecule has 31 heavy (non-hydrogen) atoms. The molecule has 4 aromatic heterocycles. The number of hydrogen-bond donors (Lipinski definition) is 1. The van der Waals surface area contributed by atoms with Gasteiger partial charge in [-0.1, -0.05) is 35.5 Å². The lowest BCUT2D eigenvalue weighted by molar-refractivity contribution is 0.102. The number of rotatable bonds is 4. The van der Waals surface area contributed by atoms with E-state index in [-0.39, 0.29) is 11.6 Å². The Hall–Kier alpha value is -4.27. The van der Waals surface area contributed by atoms with Crippen LogP contribution in [-0.4, -0.2) is 35.6 Å². The average molecular weight is 413 g/mol. The summed E-state index contributed by atoms with van der Waals surface area (Å²) >= 11 is 0. The molecular formula is C22H19N7O2. The fraction of sp³-hybridized carbons (Fsp3) is 0.136. The Balaban J connectivity index is 1.71. The number of nitrogens with one attached hydrogen (secondary N) is 1. The Morgan fingerprint density at radius 2 is 1.87 bits per heavy atom. The van der Waals surface area contributed by atoms with E-state index in [9.17, 15) is 4.79 Å². The van der Waals surface area contributed by atoms with Gasteiger partial charge < -0.3 is 9.84 Å². The van der Waals surface area contributed by atoms with E-state index < -0.39 is 0 Å². The van der Waals surface area contributed by atoms with Crippen LogP contribution in [0.5, 0.6) is 0 Å². The minimum Gasteiger partial charge on any atom is -0.335 e. The quantitative estimate of drug-likeness (QED) is 0.483. The van der Waals surface area contributed by atoms with Gasteiger partial charge in [0.05, 0.1) is 22.3 Å². The second kappa shape index (κ2) is 7.21. The van der Waals surface area contributed by atoms with Gasteiger partial charge in [-0.2, -0.15) is 10.2 Å². The van der Waals surface area contributed by atoms with Crippen LogP contribution in [0.2, 0.25) is 0 Å². The molecule has 1 N–H and O–H groups in total. The molecule has 0 saturated carbocycles. The molecule has 9 heteroatoms. The lowest BCUT2D eigenvalue weighted by Crippen LogP contribution is -2.13. The number of aryl methyl sites for hydroxylation is 3. The van der Waals surface area contributed by atoms with E-state index in [0.29, 0.717) is 28.2 Å². The number of benzene rings is 1. The minimum atomic E-state index is -0.325. The lowest BCUT2D eigenvalue weighted by atomic mass is 10.0. The van der Waals surface area contributed by atoms with E-state index in [1.165, 1.54) is 0 Å². The first-order valence-corrected chi connectivity index (χ1v) is 9.67. The van der Waals surface area contributed by atoms with Crippen molar-refractivity contribution in [3.8, 4) is 22.5 Å². The maximum Gasteiger partial charge on any atom is 0.259 e. The van der Waals surface area contributed by atoms with Gasteiger partial charge in [0.1, 0.15) is 5.69 Å². The molecule has 5 aromatic rings. The van der Waals surface area contributed by atoms with Crippen LogP contribution in [-0.2, 0) is 14.1 Å². The summed E-state index contributed by atoms with van der Waals surface area (Å²) in [6.07, 6.45) is 3.62. The molecule has 0 fully saturated rings. The van der Waals surface area contributed by atoms with E-state index in [1.54, 1.807) is 34.7 Å². The molecular weight excluding hydrogens is 394 g/mol. The van der Waals surface area contributed by atoms with E-state index in [1.807, 2.05) is 50.5 Å². The molecule has 1 aromatic carbocycles. The Bertz CT molecular complexity index is 1410. The van der Waals surface area contributed by atoms with Crippen LogP contribution in [0.25, 0.3) is 33.6 Å². The summed E-state index contributed by atoms with van der Waals surface area (Å²) < 4.78 is 8.90. The zero-order valence-corrected chi connectivity index (χ0v) is 17.2. The predicted octanol–water partition coefficient (Wildman–Crippen LogP) is 3.58. The summed E-state index contributed by atoms with van der Waals surface area (Å²) in [6, 6.07) is 13.0. The molecule has 0 aliphatic carbocycles. The van der Waals surface area contributed by atoms with Gasteiger partial charge in [0.2, 0.25) is 0 Å². The van der Waals surface area contributed by atoms with Crippen molar-refractivity contribution < 1.29 is 9.32 Å². The highest BCUT2D eigenvalue weighted by Crippen LogP contribution is 2.33. The smallest absolute Gasteiger partial charge is 0.259 e. The largest absolute Gasteiger partial charge is 0.335 e. The van der Waals surface area contributed by atoms with Crippen LogP contribution in [0.1, 0.15) is 16.1 Å². The maximum atomic E-state index is 13.3. The number of carbonyl (C=O) groups excluding carboxylic acids is 1. The van der Waals surface area contributed by atoms with Crippen molar-refractivity contribution in [1.82, 2.24) is 29.7 Å². The number of nitrogens with zero attached hydrogens (tertiary/aromatic N) is 6. The Morgan fingerprint density at radius 1 is 1.06 bits per heavy atom. The van der Waals surface area contributed by atoms with Gasteiger partial charge in [-0.15, -0.1) is 0 Å². The van der Waals surface area contributed by atoms with Gasteiger partial charge in [0.25, 0.3) is 11.6 Å². The first-order valence-electron chi connectivity index (χ1n) is 9.67. The highest BCUT2D eigenvalue weighted by Gasteiger charge is 2.23. The number of carbonyl (C=O) groups is 1. The summed E-state index contributed by atoms with van der Waals surface area (Å²) in [5, 5.41) is 16.2. The third kappa shape index (κ3) is 3.35. The molecule has 0 bridgehead atoms. The fourth-order valence-electron chi connectivity index (χ4n) is 3.58. The van der Waals surface area contributed by atoms with Crippen LogP contribution >= 0.6 is 0 Å². The zero-order chi connectivity index (χ0) is 21.5. The van der Waals surface area contributed by atoms with Crippen molar-refractivity contribution in [3.63, 3.8) is 0 Å². The highest BCUT2D eigenvalue weighted by molar-refractivity contribution is 6.15. The molecule has 9 nitrogen and oxygen atoms in total. The van der Waals surface area contributed by atoms with Gasteiger partial charge in [-0.3, -0.25) is 14.2 Å². The molecule has 0 unspecified atom stereocenters. The second-order valence-electron chi connectivity index (χ2n) is 7.26. The van der Waals surface area contributed by atoms with Crippen LogP contribution in [0, 0.1) is 6.92 Å². The van der Waals surface area contributed by atoms with E-state index in [2.05, 4.69) is 25.7 Å². The van der Waals surface area contributed by atoms with Crippen LogP contribution in [0.15, 0.2) is 59.4 Å². The monoisotopic (exact) mass is 413 g/mol. The molecule has 0 saturated heterocycles. The third-order valence-corrected chi connectivity index (χ3v) is 4.98. The van der Waals surface area contributed by atoms with Gasteiger partial charge in [0, 0.05) is 43.7 Å². The Morgan fingerprint density at radius 3 is 2.55 bits per heavy atom. The summed E-state index contributed by atoms with van der Waals surface area (Å²) in [5.41, 5.74) is 4.27. The summed E-state index contributed by atoms with van der Waals surface area (Å²) in [6.45, 7) is 1.89. The van der Waals surface area contributed by atoms with Gasteiger partial charge >= 0.3 is 0 Å². The van der Waals surface area contributed by atoms with Crippen molar-refractivity contribution in [2.45, 2.75) is 6.92 Å². The Labute approximate surface area is 177 Å². The van der Waals surface area contributed by atoms with E-state index >= 15 is 0 Å². The molecule has 0 radical (unpaired) electrons. The standard InChI is InChI=1S/C22H19N7O2/c1-13-16(12-29(3)25-13)17-11-15(21(30)24-18-9-10-28(2)26-18)19-20(27-31-22(19)23-17)14-7-5-4-6-8-14/h4-12H,1-3H3,(H,24,26,30). The van der Waals surface area contributed by atoms with E-state index in [4.69, 9.17) is 4.52 Å². The van der Waals surface area contributed by atoms with Gasteiger partial charge in [0.15, 0.2) is 5.82 Å². The Kier molecular flexibility index (Phi) is 4.36. The molecule has 0 spiro atoms. The van der Waals surface area contributed by atoms with Crippen LogP contribution in [0.4, 0.5) is 5.82 Å². The number of fused-ring (bicyclic) bond motifs is 1. The number of pyridine rings is 1. The number of hydrogen-bond acceptors (Lipinski definition) is 6. The minimum absolute atomic E-state index is 0.283. The lowest BCUT2D eigenvalue weighted by Gasteiger charge is -2.07. The number of anilines is 1. The third-order valence-electron chi connectivity index (χ3n) is 4.98. The van der Waals surface area contributed by atoms with Crippen molar-refractivity contribution >= 4 is 22.8 Å². The molecule has 0 aliphatic rings. The van der Waals surface area contributed by atoms with Crippen LogP contribution in [0.3, 0.4) is 0 Å². The number of amides is 1. The van der Waals surface area contributed by atoms with Gasteiger partial charge in [-0.25, -0.2) is 4.98 Å². The molecule has 154 valence electrons. The van der Waals surface area contributed by atoms with Gasteiger partial charge in [-0.05, 0) is 13.0 Å². The second-order valence-corrected chi connectivity index (χ2v) is 7.26. The zero-order valence-electron chi connectivity index (χ0n) is 17.2. The van der Waals surface area contributed by atoms with Crippen molar-refractivity contribution in [2.75, 3.05) is 5.32 Å². The van der Waals surface area contributed by atoms with E-state index in [0.717, 1.165) is 16.8 Å². The van der Waals surface area contributed by atoms with Crippen molar-refractivity contribution in [3.05, 3.63) is 66.1 Å². The molecule has 1 amide bonds. The molecule has 0 atom stereocenters. The first kappa shape index (κ1) is 18.7. The van der Waals surface area contributed by atoms with Crippen LogP contribution < -0.4 is 5.32 Å². The maximum absolute atomic E-state index is 13.3. The first-order chi connectivity index (χ1) is 15.0. The average Bonchev–Trinajstić information content (AvgIpc) is 3.46. The SMILES string of the molecule is Cc1nn(C)cc1-c1cc(C(=O)Nc2ccn(C)n2)c2c(-c3ccccc3)noc2n1. The highest BCUT2D eigenvalue weighted by atomic mass is 16.5. The number of aromatic nitrogens is 6.